The first-order chi connectivity index (χ1) is 15.3. The van der Waals surface area contributed by atoms with E-state index >= 15 is 0 Å². The van der Waals surface area contributed by atoms with Crippen LogP contribution in [0.1, 0.15) is 35.7 Å². The Labute approximate surface area is 194 Å². The standard InChI is InChI=1S/C21H19BrF5N3O3/c1-2-20(23,24)19(32)10-18(31)15-8-5-13(22)9-16(15)30(29)17(11-28)12-3-6-14(7-4-12)33-21(25,26)27/h3-9,11H,2,10,28-29H2,1H3/b17-11-. The quantitative estimate of drug-likeness (QED) is 0.151. The van der Waals surface area contributed by atoms with Crippen molar-refractivity contribution in [2.24, 2.45) is 11.6 Å². The van der Waals surface area contributed by atoms with Crippen LogP contribution < -0.4 is 21.3 Å². The zero-order valence-electron chi connectivity index (χ0n) is 17.1. The van der Waals surface area contributed by atoms with Gasteiger partial charge in [-0.3, -0.25) is 14.6 Å². The normalized spacial score (nSPS) is 12.4. The third kappa shape index (κ3) is 6.75. The number of carbonyl (C=O) groups is 2. The van der Waals surface area contributed by atoms with Crippen LogP contribution in [-0.4, -0.2) is 23.9 Å². The van der Waals surface area contributed by atoms with E-state index in [2.05, 4.69) is 20.7 Å². The molecule has 0 aromatic heterocycles. The molecule has 6 nitrogen and oxygen atoms in total. The SMILES string of the molecule is CCC(F)(F)C(=O)CC(=O)c1ccc(Br)cc1N(N)/C(=C\N)c1ccc(OC(F)(F)F)cc1. The lowest BCUT2D eigenvalue weighted by molar-refractivity contribution is -0.274. The predicted molar refractivity (Wildman–Crippen MR) is 115 cm³/mol. The molecule has 178 valence electrons. The minimum Gasteiger partial charge on any atom is -0.406 e. The molecule has 0 bridgehead atoms. The number of nitrogens with zero attached hydrogens (tertiary/aromatic N) is 1. The molecule has 4 N–H and O–H groups in total. The molecule has 0 aliphatic heterocycles. The third-order valence-electron chi connectivity index (χ3n) is 4.49. The highest BCUT2D eigenvalue weighted by Gasteiger charge is 2.37. The molecular weight excluding hydrogens is 517 g/mol. The van der Waals surface area contributed by atoms with E-state index in [9.17, 15) is 31.5 Å². The van der Waals surface area contributed by atoms with Crippen LogP contribution in [0.15, 0.2) is 53.1 Å². The van der Waals surface area contributed by atoms with Gasteiger partial charge in [-0.1, -0.05) is 22.9 Å². The second kappa shape index (κ2) is 10.3. The molecule has 0 saturated carbocycles. The summed E-state index contributed by atoms with van der Waals surface area (Å²) < 4.78 is 68.7. The second-order valence-corrected chi connectivity index (χ2v) is 7.65. The number of hydrogen-bond acceptors (Lipinski definition) is 6. The molecular formula is C21H19BrF5N3O3. The van der Waals surface area contributed by atoms with Crippen molar-refractivity contribution in [3.05, 3.63) is 64.3 Å². The first-order valence-electron chi connectivity index (χ1n) is 9.35. The van der Waals surface area contributed by atoms with E-state index in [1.54, 1.807) is 0 Å². The van der Waals surface area contributed by atoms with Crippen LogP contribution in [0, 0.1) is 0 Å². The van der Waals surface area contributed by atoms with E-state index in [0.717, 1.165) is 30.3 Å². The lowest BCUT2D eigenvalue weighted by Crippen LogP contribution is -2.33. The van der Waals surface area contributed by atoms with Gasteiger partial charge < -0.3 is 10.5 Å². The molecule has 33 heavy (non-hydrogen) atoms. The Kier molecular flexibility index (Phi) is 8.20. The number of anilines is 1. The van der Waals surface area contributed by atoms with E-state index in [1.165, 1.54) is 30.3 Å². The Bertz CT molecular complexity index is 1060. The summed E-state index contributed by atoms with van der Waals surface area (Å²) in [5, 5.41) is 0.958. The first kappa shape index (κ1) is 26.3. The maximum Gasteiger partial charge on any atom is 0.573 e. The van der Waals surface area contributed by atoms with E-state index < -0.39 is 42.4 Å². The summed E-state index contributed by atoms with van der Waals surface area (Å²) in [6.07, 6.45) is -5.62. The van der Waals surface area contributed by atoms with Gasteiger partial charge in [0.1, 0.15) is 5.75 Å². The van der Waals surface area contributed by atoms with Gasteiger partial charge in [-0.15, -0.1) is 13.2 Å². The molecule has 0 aliphatic rings. The fraction of sp³-hybridized carbons (Fsp3) is 0.238. The number of hydrogen-bond donors (Lipinski definition) is 2. The Morgan fingerprint density at radius 3 is 2.21 bits per heavy atom. The summed E-state index contributed by atoms with van der Waals surface area (Å²) in [7, 11) is 0. The summed E-state index contributed by atoms with van der Waals surface area (Å²) >= 11 is 3.22. The summed E-state index contributed by atoms with van der Waals surface area (Å²) in [6, 6.07) is 8.75. The van der Waals surface area contributed by atoms with Crippen LogP contribution in [-0.2, 0) is 4.79 Å². The Morgan fingerprint density at radius 1 is 1.09 bits per heavy atom. The van der Waals surface area contributed by atoms with Crippen molar-refractivity contribution in [3.63, 3.8) is 0 Å². The number of hydrazine groups is 1. The summed E-state index contributed by atoms with van der Waals surface area (Å²) in [6.45, 7) is 1.12. The zero-order valence-corrected chi connectivity index (χ0v) is 18.7. The second-order valence-electron chi connectivity index (χ2n) is 6.74. The molecule has 0 unspecified atom stereocenters. The van der Waals surface area contributed by atoms with Gasteiger partial charge in [-0.05, 0) is 42.5 Å². The number of halogens is 6. The van der Waals surface area contributed by atoms with E-state index in [-0.39, 0.29) is 22.5 Å². The zero-order chi connectivity index (χ0) is 25.0. The van der Waals surface area contributed by atoms with Crippen molar-refractivity contribution in [1.82, 2.24) is 0 Å². The van der Waals surface area contributed by atoms with Gasteiger partial charge in [0.05, 0.1) is 17.8 Å². The van der Waals surface area contributed by atoms with Crippen LogP contribution in [0.25, 0.3) is 5.70 Å². The van der Waals surface area contributed by atoms with Crippen molar-refractivity contribution >= 4 is 38.9 Å². The summed E-state index contributed by atoms with van der Waals surface area (Å²) in [5.74, 6) is -0.393. The lowest BCUT2D eigenvalue weighted by Gasteiger charge is -2.25. The van der Waals surface area contributed by atoms with Gasteiger partial charge >= 0.3 is 12.3 Å². The van der Waals surface area contributed by atoms with Crippen LogP contribution in [0.5, 0.6) is 5.75 Å². The number of nitrogens with two attached hydrogens (primary N) is 2. The van der Waals surface area contributed by atoms with Gasteiger partial charge in [-0.2, -0.15) is 8.78 Å². The van der Waals surface area contributed by atoms with Crippen molar-refractivity contribution in [1.29, 1.82) is 0 Å². The fourth-order valence-corrected chi connectivity index (χ4v) is 3.13. The number of Topliss-reactive ketones (excluding diaryl/α,β-unsaturated/α-hetero) is 2. The van der Waals surface area contributed by atoms with Crippen LogP contribution in [0.2, 0.25) is 0 Å². The first-order valence-corrected chi connectivity index (χ1v) is 10.1. The monoisotopic (exact) mass is 535 g/mol. The van der Waals surface area contributed by atoms with E-state index in [1.807, 2.05) is 0 Å². The molecule has 2 rings (SSSR count). The van der Waals surface area contributed by atoms with Gasteiger partial charge in [0.15, 0.2) is 5.78 Å². The highest BCUT2D eigenvalue weighted by atomic mass is 79.9. The smallest absolute Gasteiger partial charge is 0.406 e. The summed E-state index contributed by atoms with van der Waals surface area (Å²) in [5.41, 5.74) is 5.89. The molecule has 2 aromatic carbocycles. The van der Waals surface area contributed by atoms with Crippen molar-refractivity contribution in [2.75, 3.05) is 5.01 Å². The van der Waals surface area contributed by atoms with Gasteiger partial charge in [0.25, 0.3) is 0 Å². The topological polar surface area (TPSA) is 98.7 Å². The minimum absolute atomic E-state index is 0.0225. The molecule has 0 heterocycles. The number of ether oxygens (including phenoxy) is 1. The Balaban J connectivity index is 2.38. The van der Waals surface area contributed by atoms with E-state index in [0.29, 0.717) is 4.47 Å². The van der Waals surface area contributed by atoms with Gasteiger partial charge in [-0.25, -0.2) is 5.84 Å². The maximum atomic E-state index is 13.6. The highest BCUT2D eigenvalue weighted by molar-refractivity contribution is 9.10. The molecule has 0 aliphatic carbocycles. The average molecular weight is 536 g/mol. The molecule has 0 spiro atoms. The minimum atomic E-state index is -4.87. The molecule has 0 saturated heterocycles. The van der Waals surface area contributed by atoms with Crippen molar-refractivity contribution < 1.29 is 36.3 Å². The Hall–Kier alpha value is -2.99. The maximum absolute atomic E-state index is 13.6. The van der Waals surface area contributed by atoms with Gasteiger partial charge in [0.2, 0.25) is 5.78 Å². The Morgan fingerprint density at radius 2 is 1.70 bits per heavy atom. The predicted octanol–water partition coefficient (Wildman–Crippen LogP) is 5.17. The average Bonchev–Trinajstić information content (AvgIpc) is 2.74. The van der Waals surface area contributed by atoms with E-state index in [4.69, 9.17) is 11.6 Å². The largest absolute Gasteiger partial charge is 0.573 e. The van der Waals surface area contributed by atoms with Crippen LogP contribution in [0.3, 0.4) is 0 Å². The molecule has 12 heteroatoms. The summed E-state index contributed by atoms with van der Waals surface area (Å²) in [4.78, 5) is 24.5. The molecule has 2 aromatic rings. The number of alkyl halides is 5. The number of ketones is 2. The fourth-order valence-electron chi connectivity index (χ4n) is 2.78. The highest BCUT2D eigenvalue weighted by Crippen LogP contribution is 2.32. The molecule has 0 radical (unpaired) electrons. The molecule has 0 atom stereocenters. The molecule has 0 fully saturated rings. The van der Waals surface area contributed by atoms with Crippen LogP contribution in [0.4, 0.5) is 27.6 Å². The molecule has 0 amide bonds. The third-order valence-corrected chi connectivity index (χ3v) is 4.99. The van der Waals surface area contributed by atoms with Crippen molar-refractivity contribution in [3.8, 4) is 5.75 Å². The van der Waals surface area contributed by atoms with Crippen molar-refractivity contribution in [2.45, 2.75) is 32.1 Å². The number of carbonyl (C=O) groups excluding carboxylic acids is 2. The van der Waals surface area contributed by atoms with Crippen LogP contribution >= 0.6 is 15.9 Å². The van der Waals surface area contributed by atoms with Gasteiger partial charge in [0, 0.05) is 28.2 Å². The number of rotatable bonds is 9. The lowest BCUT2D eigenvalue weighted by atomic mass is 9.99. The number of benzene rings is 2.